The number of halogens is 4. The fourth-order valence-electron chi connectivity index (χ4n) is 13.4. The van der Waals surface area contributed by atoms with E-state index in [4.69, 9.17) is 49.4 Å². The summed E-state index contributed by atoms with van der Waals surface area (Å²) >= 11 is 18.2. The van der Waals surface area contributed by atoms with Crippen molar-refractivity contribution in [2.75, 3.05) is 111 Å². The Bertz CT molecular complexity index is 3360. The first-order chi connectivity index (χ1) is 46.0. The Balaban J connectivity index is 0.000000208. The summed E-state index contributed by atoms with van der Waals surface area (Å²) < 4.78 is 24.7. The molecule has 2 aliphatic heterocycles. The molecule has 0 aromatic heterocycles. The zero-order chi connectivity index (χ0) is 69.4. The third kappa shape index (κ3) is 23.3. The molecular formula is C74H99Cl3FN9O9. The van der Waals surface area contributed by atoms with E-state index in [1.807, 2.05) is 53.4 Å². The van der Waals surface area contributed by atoms with Gasteiger partial charge in [0.15, 0.2) is 0 Å². The molecule has 4 N–H and O–H groups in total. The predicted octanol–water partition coefficient (Wildman–Crippen LogP) is 11.5. The summed E-state index contributed by atoms with van der Waals surface area (Å²) in [4.78, 5) is 85.0. The molecule has 2 heterocycles. The molecule has 18 nitrogen and oxygen atoms in total. The molecule has 0 atom stereocenters. The van der Waals surface area contributed by atoms with Gasteiger partial charge in [-0.1, -0.05) is 95.0 Å². The van der Waals surface area contributed by atoms with Crippen LogP contribution in [0, 0.1) is 12.7 Å². The van der Waals surface area contributed by atoms with E-state index in [0.29, 0.717) is 87.5 Å². The van der Waals surface area contributed by atoms with Gasteiger partial charge in [0.25, 0.3) is 0 Å². The normalized spacial score (nSPS) is 19.5. The molecule has 0 spiro atoms. The number of carboxylic acids is 1. The van der Waals surface area contributed by atoms with Crippen molar-refractivity contribution in [2.45, 2.75) is 146 Å². The molecule has 0 unspecified atom stereocenters. The summed E-state index contributed by atoms with van der Waals surface area (Å²) in [6.07, 6.45) is 11.9. The monoisotopic (exact) mass is 1380 g/mol. The lowest BCUT2D eigenvalue weighted by Crippen LogP contribution is -2.52. The van der Waals surface area contributed by atoms with Crippen LogP contribution in [0.2, 0.25) is 15.1 Å². The van der Waals surface area contributed by atoms with E-state index in [9.17, 15) is 33.2 Å². The minimum atomic E-state index is -0.862. The highest BCUT2D eigenvalue weighted by atomic mass is 35.5. The van der Waals surface area contributed by atoms with Crippen LogP contribution in [-0.2, 0) is 48.0 Å². The number of hydrogen-bond donors (Lipinski definition) is 4. The fourth-order valence-corrected chi connectivity index (χ4v) is 14.0. The predicted molar refractivity (Wildman–Crippen MR) is 380 cm³/mol. The molecule has 2 saturated heterocycles. The topological polar surface area (TPSA) is 197 Å². The van der Waals surface area contributed by atoms with Gasteiger partial charge in [-0.25, -0.2) is 4.39 Å². The van der Waals surface area contributed by atoms with E-state index in [2.05, 4.69) is 96.1 Å². The number of methoxy groups -OCH3 is 2. The van der Waals surface area contributed by atoms with Crippen LogP contribution in [0.3, 0.4) is 0 Å². The van der Waals surface area contributed by atoms with Gasteiger partial charge < -0.3 is 59.9 Å². The van der Waals surface area contributed by atoms with Crippen molar-refractivity contribution in [3.8, 4) is 11.5 Å². The van der Waals surface area contributed by atoms with Crippen LogP contribution < -0.4 is 35.2 Å². The number of carboxylic acid groups (broad SMARTS) is 1. The second-order valence-corrected chi connectivity index (χ2v) is 27.5. The van der Waals surface area contributed by atoms with Crippen LogP contribution in [0.15, 0.2) is 109 Å². The number of rotatable bonds is 25. The van der Waals surface area contributed by atoms with Gasteiger partial charge in [0.05, 0.1) is 35.6 Å². The van der Waals surface area contributed by atoms with Crippen molar-refractivity contribution in [1.29, 1.82) is 0 Å². The molecule has 0 bridgehead atoms. The molecule has 22 heteroatoms. The highest BCUT2D eigenvalue weighted by molar-refractivity contribution is 6.42. The molecule has 0 radical (unpaired) electrons. The largest absolute Gasteiger partial charge is 0.497 e. The smallest absolute Gasteiger partial charge is 0.303 e. The fraction of sp³-hybridized carbons (Fsp3) is 0.514. The van der Waals surface area contributed by atoms with Crippen LogP contribution in [0.25, 0.3) is 0 Å². The maximum Gasteiger partial charge on any atom is 0.303 e. The number of aryl methyl sites for hydroxylation is 1. The molecule has 2 aliphatic carbocycles. The Morgan fingerprint density at radius 2 is 1.08 bits per heavy atom. The summed E-state index contributed by atoms with van der Waals surface area (Å²) in [6.45, 7) is 7.56. The van der Waals surface area contributed by atoms with Gasteiger partial charge in [0, 0.05) is 132 Å². The molecule has 96 heavy (non-hydrogen) atoms. The van der Waals surface area contributed by atoms with E-state index < -0.39 is 5.97 Å². The lowest BCUT2D eigenvalue weighted by Gasteiger charge is -2.45. The number of nitrogens with one attached hydrogen (secondary N) is 3. The van der Waals surface area contributed by atoms with Crippen molar-refractivity contribution < 1.29 is 47.7 Å². The van der Waals surface area contributed by atoms with Crippen LogP contribution in [0.5, 0.6) is 11.5 Å². The maximum absolute atomic E-state index is 14.1. The van der Waals surface area contributed by atoms with Gasteiger partial charge in [0.2, 0.25) is 29.5 Å². The summed E-state index contributed by atoms with van der Waals surface area (Å²) in [7, 11) is 11.8. The minimum Gasteiger partial charge on any atom is -0.497 e. The molecule has 5 aromatic rings. The average molecular weight is 1380 g/mol. The molecule has 2 saturated carbocycles. The van der Waals surface area contributed by atoms with E-state index in [1.54, 1.807) is 48.3 Å². The van der Waals surface area contributed by atoms with Gasteiger partial charge >= 0.3 is 5.97 Å². The summed E-state index contributed by atoms with van der Waals surface area (Å²) in [5.74, 6) is 0.166. The highest BCUT2D eigenvalue weighted by Gasteiger charge is 2.39. The molecule has 5 aromatic carbocycles. The zero-order valence-corrected chi connectivity index (χ0v) is 59.3. The van der Waals surface area contributed by atoms with Crippen LogP contribution in [-0.4, -0.2) is 185 Å². The minimum absolute atomic E-state index is 0.0138. The van der Waals surface area contributed by atoms with Crippen LogP contribution in [0.4, 0.5) is 15.8 Å². The second-order valence-electron chi connectivity index (χ2n) is 26.2. The van der Waals surface area contributed by atoms with Crippen molar-refractivity contribution in [1.82, 2.24) is 35.6 Å². The molecule has 4 aliphatic rings. The number of carbonyl (C=O) groups excluding carboxylic acids is 5. The van der Waals surface area contributed by atoms with Gasteiger partial charge in [-0.15, -0.1) is 0 Å². The quantitative estimate of drug-likeness (QED) is 0.0431. The summed E-state index contributed by atoms with van der Waals surface area (Å²) in [5.41, 5.74) is 6.62. The first kappa shape index (κ1) is 76.2. The number of aliphatic carboxylic acids is 1. The number of anilines is 2. The average Bonchev–Trinajstić information content (AvgIpc) is 0.999. The number of benzene rings is 5. The van der Waals surface area contributed by atoms with Crippen molar-refractivity contribution in [3.05, 3.63) is 152 Å². The van der Waals surface area contributed by atoms with E-state index in [0.717, 1.165) is 92.0 Å². The highest BCUT2D eigenvalue weighted by Crippen LogP contribution is 2.38. The van der Waals surface area contributed by atoms with Crippen LogP contribution in [0.1, 0.15) is 119 Å². The lowest BCUT2D eigenvalue weighted by molar-refractivity contribution is -0.137. The molecule has 4 fully saturated rings. The lowest BCUT2D eigenvalue weighted by atomic mass is 9.74. The van der Waals surface area contributed by atoms with Crippen molar-refractivity contribution in [3.63, 3.8) is 0 Å². The molecule has 522 valence electrons. The van der Waals surface area contributed by atoms with E-state index in [1.165, 1.54) is 22.8 Å². The van der Waals surface area contributed by atoms with E-state index in [-0.39, 0.29) is 97.0 Å². The standard InChI is InChI=1S/C29H38ClFN4O2.C28H37Cl2N3O2.C17H24N2O5/c1-33(2)29(21-22-6-5-7-23(30)20-22)14-12-24(13-15-29)32-27(36)10-11-28(37)35-18-16-34(17-19-35)26-9-4-3-8-25(26)31;1-20-5-4-6-22(17-20)19-28(33(2)3)14-11-23(12-15-28)32-27(35)10-9-26(34)31-16-13-21-7-8-24(29)25(30)18-21;1-23-13-6-7-14(15(12-13)24-2)18-8-10-19(11-9-18)16(20)4-3-5-17(21)22/h3-9,20,24H,10-19,21H2,1-2H3,(H,32,36);4-8,17-18,23H,9-16,19H2,1-3H3,(H,31,34)(H,32,35);6-7,12H,3-5,8-11H2,1-2H3,(H,21,22). The van der Waals surface area contributed by atoms with E-state index >= 15 is 0 Å². The third-order valence-corrected chi connectivity index (χ3v) is 20.3. The second kappa shape index (κ2) is 37.5. The Kier molecular flexibility index (Phi) is 29.8. The Morgan fingerprint density at radius 1 is 0.552 bits per heavy atom. The number of ether oxygens (including phenoxy) is 2. The third-order valence-electron chi connectivity index (χ3n) is 19.3. The number of carbonyl (C=O) groups is 6. The SMILES string of the molecule is CN(C)C1(Cc2cccc(Cl)c2)CCC(NC(=O)CCC(=O)N2CCN(c3ccccc3F)CC2)CC1.COc1ccc(N2CCN(C(=O)CCCC(=O)O)CC2)c(OC)c1.Cc1cccc(CC2(N(C)C)CCC(NC(=O)CCC(=O)NCCc3ccc(Cl)c(Cl)c3)CC2)c1. The van der Waals surface area contributed by atoms with Gasteiger partial charge in [-0.3, -0.25) is 28.8 Å². The van der Waals surface area contributed by atoms with Gasteiger partial charge in [-0.2, -0.15) is 0 Å². The van der Waals surface area contributed by atoms with Gasteiger partial charge in [-0.05, 0) is 177 Å². The first-order valence-electron chi connectivity index (χ1n) is 33.7. The molecular weight excluding hydrogens is 1280 g/mol. The first-order valence-corrected chi connectivity index (χ1v) is 34.8. The summed E-state index contributed by atoms with van der Waals surface area (Å²) in [5, 5.41) is 19.6. The van der Waals surface area contributed by atoms with Crippen molar-refractivity contribution >= 4 is 81.7 Å². The molecule has 5 amide bonds. The van der Waals surface area contributed by atoms with Gasteiger partial charge in [0.1, 0.15) is 17.3 Å². The number of amides is 5. The van der Waals surface area contributed by atoms with Crippen LogP contribution >= 0.6 is 34.8 Å². The number of piperazine rings is 2. The Morgan fingerprint density at radius 3 is 1.60 bits per heavy atom. The zero-order valence-electron chi connectivity index (χ0n) is 57.0. The number of para-hydroxylation sites is 1. The Labute approximate surface area is 582 Å². The molecule has 9 rings (SSSR count). The number of nitrogens with zero attached hydrogens (tertiary/aromatic N) is 6. The Hall–Kier alpha value is -7.16. The number of likely N-dealkylation sites (N-methyl/N-ethyl adjacent to an activating group) is 2. The van der Waals surface area contributed by atoms with Crippen molar-refractivity contribution in [2.24, 2.45) is 0 Å². The number of hydrogen-bond acceptors (Lipinski definition) is 12. The maximum atomic E-state index is 14.1. The summed E-state index contributed by atoms with van der Waals surface area (Å²) in [6, 6.07) is 35.0.